The molecule has 1 saturated heterocycles. The van der Waals surface area contributed by atoms with E-state index >= 15 is 0 Å². The van der Waals surface area contributed by atoms with E-state index in [1.807, 2.05) is 0 Å². The summed E-state index contributed by atoms with van der Waals surface area (Å²) in [6, 6.07) is 0. The molecule has 2 unspecified atom stereocenters. The van der Waals surface area contributed by atoms with Crippen LogP contribution in [-0.2, 0) is 0 Å². The van der Waals surface area contributed by atoms with Crippen molar-refractivity contribution in [2.24, 2.45) is 11.3 Å². The fourth-order valence-corrected chi connectivity index (χ4v) is 3.70. The maximum Gasteiger partial charge on any atom is 0.0693 e. The molecule has 118 valence electrons. The highest BCUT2D eigenvalue weighted by molar-refractivity contribution is 4.92. The van der Waals surface area contributed by atoms with Crippen molar-refractivity contribution in [3.05, 3.63) is 0 Å². The number of piperidine rings is 1. The van der Waals surface area contributed by atoms with Crippen LogP contribution in [0, 0.1) is 11.3 Å². The summed E-state index contributed by atoms with van der Waals surface area (Å²) in [7, 11) is 0. The van der Waals surface area contributed by atoms with Gasteiger partial charge < -0.3 is 15.3 Å². The summed E-state index contributed by atoms with van der Waals surface area (Å²) >= 11 is 0. The molecular formula is C17H34N2O. The molecule has 0 aromatic heterocycles. The maximum atomic E-state index is 10.1. The summed E-state index contributed by atoms with van der Waals surface area (Å²) in [5, 5.41) is 13.8. The minimum atomic E-state index is -0.127. The van der Waals surface area contributed by atoms with Gasteiger partial charge in [0.2, 0.25) is 0 Å². The van der Waals surface area contributed by atoms with Crippen LogP contribution in [0.25, 0.3) is 0 Å². The third-order valence-electron chi connectivity index (χ3n) is 5.22. The number of aliphatic hydroxyl groups is 1. The van der Waals surface area contributed by atoms with Crippen LogP contribution in [0.15, 0.2) is 0 Å². The van der Waals surface area contributed by atoms with Gasteiger partial charge in [0.1, 0.15) is 0 Å². The van der Waals surface area contributed by atoms with Gasteiger partial charge in [-0.25, -0.2) is 0 Å². The van der Waals surface area contributed by atoms with E-state index in [-0.39, 0.29) is 11.6 Å². The number of hydrogen-bond acceptors (Lipinski definition) is 3. The van der Waals surface area contributed by atoms with E-state index in [1.54, 1.807) is 0 Å². The summed E-state index contributed by atoms with van der Waals surface area (Å²) < 4.78 is 0. The third-order valence-corrected chi connectivity index (χ3v) is 5.22. The van der Waals surface area contributed by atoms with Gasteiger partial charge in [-0.2, -0.15) is 0 Å². The SMILES string of the molecule is CC1CCN(CC2(CNC(C)(C)C)CCCC2)CC1O. The molecule has 3 nitrogen and oxygen atoms in total. The van der Waals surface area contributed by atoms with Gasteiger partial charge in [0.05, 0.1) is 6.10 Å². The van der Waals surface area contributed by atoms with Gasteiger partial charge in [-0.15, -0.1) is 0 Å². The lowest BCUT2D eigenvalue weighted by atomic mass is 9.83. The Morgan fingerprint density at radius 1 is 1.25 bits per heavy atom. The summed E-state index contributed by atoms with van der Waals surface area (Å²) in [4.78, 5) is 2.51. The number of likely N-dealkylation sites (tertiary alicyclic amines) is 1. The van der Waals surface area contributed by atoms with Gasteiger partial charge >= 0.3 is 0 Å². The van der Waals surface area contributed by atoms with Crippen LogP contribution >= 0.6 is 0 Å². The second-order valence-electron chi connectivity index (χ2n) is 8.38. The zero-order valence-electron chi connectivity index (χ0n) is 13.9. The molecule has 2 atom stereocenters. The van der Waals surface area contributed by atoms with Crippen LogP contribution in [-0.4, -0.2) is 47.8 Å². The van der Waals surface area contributed by atoms with Crippen LogP contribution in [0.3, 0.4) is 0 Å². The van der Waals surface area contributed by atoms with E-state index in [4.69, 9.17) is 0 Å². The molecule has 2 aliphatic rings. The van der Waals surface area contributed by atoms with Crippen molar-refractivity contribution >= 4 is 0 Å². The lowest BCUT2D eigenvalue weighted by molar-refractivity contribution is 0.00937. The van der Waals surface area contributed by atoms with Crippen molar-refractivity contribution in [1.82, 2.24) is 10.2 Å². The molecule has 2 N–H and O–H groups in total. The zero-order valence-corrected chi connectivity index (χ0v) is 13.9. The summed E-state index contributed by atoms with van der Waals surface area (Å²) in [5.74, 6) is 0.471. The van der Waals surface area contributed by atoms with Crippen LogP contribution < -0.4 is 5.32 Å². The quantitative estimate of drug-likeness (QED) is 0.832. The van der Waals surface area contributed by atoms with Crippen LogP contribution in [0.4, 0.5) is 0 Å². The Labute approximate surface area is 125 Å². The Hall–Kier alpha value is -0.120. The Balaban J connectivity index is 1.92. The molecule has 1 saturated carbocycles. The molecule has 0 bridgehead atoms. The van der Waals surface area contributed by atoms with Crippen molar-refractivity contribution in [3.8, 4) is 0 Å². The molecule has 0 spiro atoms. The van der Waals surface area contributed by atoms with Crippen LogP contribution in [0.2, 0.25) is 0 Å². The molecule has 0 aromatic carbocycles. The number of rotatable bonds is 4. The third kappa shape index (κ3) is 4.44. The molecule has 0 aromatic rings. The van der Waals surface area contributed by atoms with Crippen molar-refractivity contribution in [2.45, 2.75) is 71.4 Å². The average Bonchev–Trinajstić information content (AvgIpc) is 2.80. The van der Waals surface area contributed by atoms with Crippen LogP contribution in [0.1, 0.15) is 59.8 Å². The van der Waals surface area contributed by atoms with E-state index in [2.05, 4.69) is 37.9 Å². The van der Waals surface area contributed by atoms with Gasteiger partial charge in [-0.3, -0.25) is 0 Å². The molecule has 2 rings (SSSR count). The average molecular weight is 282 g/mol. The second-order valence-corrected chi connectivity index (χ2v) is 8.38. The van der Waals surface area contributed by atoms with E-state index in [0.717, 1.165) is 26.1 Å². The van der Waals surface area contributed by atoms with E-state index < -0.39 is 0 Å². The van der Waals surface area contributed by atoms with Crippen molar-refractivity contribution in [1.29, 1.82) is 0 Å². The lowest BCUT2D eigenvalue weighted by Gasteiger charge is -2.41. The molecule has 0 radical (unpaired) electrons. The first kappa shape index (κ1) is 16.3. The molecule has 20 heavy (non-hydrogen) atoms. The Bertz CT molecular complexity index is 305. The summed E-state index contributed by atoms with van der Waals surface area (Å²) in [6.45, 7) is 13.3. The number of β-amino-alcohol motifs (C(OH)–C–C–N with tert-alkyl or cyclic N) is 1. The van der Waals surface area contributed by atoms with E-state index in [1.165, 1.54) is 32.2 Å². The van der Waals surface area contributed by atoms with Gasteiger partial charge in [0.25, 0.3) is 0 Å². The van der Waals surface area contributed by atoms with Crippen molar-refractivity contribution < 1.29 is 5.11 Å². The molecular weight excluding hydrogens is 248 g/mol. The summed E-state index contributed by atoms with van der Waals surface area (Å²) in [5.41, 5.74) is 0.638. The van der Waals surface area contributed by atoms with E-state index in [0.29, 0.717) is 11.3 Å². The van der Waals surface area contributed by atoms with E-state index in [9.17, 15) is 5.11 Å². The van der Waals surface area contributed by atoms with Gasteiger partial charge in [-0.05, 0) is 57.9 Å². The fraction of sp³-hybridized carbons (Fsp3) is 1.00. The van der Waals surface area contributed by atoms with Gasteiger partial charge in [0, 0.05) is 25.2 Å². The maximum absolute atomic E-state index is 10.1. The number of nitrogens with zero attached hydrogens (tertiary/aromatic N) is 1. The van der Waals surface area contributed by atoms with Gasteiger partial charge in [0.15, 0.2) is 0 Å². The minimum Gasteiger partial charge on any atom is -0.392 e. The number of aliphatic hydroxyl groups excluding tert-OH is 1. The Morgan fingerprint density at radius 3 is 2.45 bits per heavy atom. The first-order chi connectivity index (χ1) is 9.30. The highest BCUT2D eigenvalue weighted by atomic mass is 16.3. The standard InChI is InChI=1S/C17H34N2O/c1-14-7-10-19(11-15(14)20)13-17(8-5-6-9-17)12-18-16(2,3)4/h14-15,18,20H,5-13H2,1-4H3. The normalized spacial score (nSPS) is 31.6. The molecule has 1 aliphatic heterocycles. The monoisotopic (exact) mass is 282 g/mol. The highest BCUT2D eigenvalue weighted by Gasteiger charge is 2.37. The number of hydrogen-bond donors (Lipinski definition) is 2. The second kappa shape index (κ2) is 6.33. The van der Waals surface area contributed by atoms with Crippen LogP contribution in [0.5, 0.6) is 0 Å². The first-order valence-corrected chi connectivity index (χ1v) is 8.45. The molecule has 1 heterocycles. The topological polar surface area (TPSA) is 35.5 Å². The smallest absolute Gasteiger partial charge is 0.0693 e. The Morgan fingerprint density at radius 2 is 1.90 bits per heavy atom. The van der Waals surface area contributed by atoms with Crippen molar-refractivity contribution in [2.75, 3.05) is 26.2 Å². The molecule has 1 aliphatic carbocycles. The fourth-order valence-electron chi connectivity index (χ4n) is 3.70. The predicted molar refractivity (Wildman–Crippen MR) is 84.9 cm³/mol. The Kier molecular flexibility index (Phi) is 5.14. The predicted octanol–water partition coefficient (Wildman–Crippen LogP) is 2.64. The zero-order chi connectivity index (χ0) is 14.8. The molecule has 0 amide bonds. The first-order valence-electron chi connectivity index (χ1n) is 8.45. The van der Waals surface area contributed by atoms with Crippen molar-refractivity contribution in [3.63, 3.8) is 0 Å². The lowest BCUT2D eigenvalue weighted by Crippen LogP contribution is -2.51. The highest BCUT2D eigenvalue weighted by Crippen LogP contribution is 2.39. The number of nitrogens with one attached hydrogen (secondary N) is 1. The minimum absolute atomic E-state index is 0.127. The van der Waals surface area contributed by atoms with Gasteiger partial charge in [-0.1, -0.05) is 19.8 Å². The molecule has 3 heteroatoms. The summed E-state index contributed by atoms with van der Waals surface area (Å²) in [6.07, 6.45) is 6.45. The largest absolute Gasteiger partial charge is 0.392 e. The molecule has 2 fully saturated rings.